The summed E-state index contributed by atoms with van der Waals surface area (Å²) in [4.78, 5) is 23.3. The van der Waals surface area contributed by atoms with Crippen LogP contribution in [-0.4, -0.2) is 36.6 Å². The molecule has 0 amide bonds. The molecule has 1 atom stereocenters. The van der Waals surface area contributed by atoms with Crippen molar-refractivity contribution >= 4 is 34.1 Å². The Balaban J connectivity index is 2.02. The average Bonchev–Trinajstić information content (AvgIpc) is 2.88. The lowest BCUT2D eigenvalue weighted by atomic mass is 10.1. The summed E-state index contributed by atoms with van der Waals surface area (Å²) in [6.45, 7) is 2.27. The van der Waals surface area contributed by atoms with Gasteiger partial charge in [-0.05, 0) is 31.2 Å². The van der Waals surface area contributed by atoms with E-state index in [4.69, 9.17) is 9.47 Å². The van der Waals surface area contributed by atoms with Crippen molar-refractivity contribution in [2.24, 2.45) is 0 Å². The molecule has 0 bridgehead atoms. The molecule has 0 aliphatic carbocycles. The third kappa shape index (κ3) is 3.03. The first-order chi connectivity index (χ1) is 11.6. The molecule has 0 N–H and O–H groups in total. The second kappa shape index (κ2) is 6.84. The predicted octanol–water partition coefficient (Wildman–Crippen LogP) is 3.19. The molecule has 0 saturated heterocycles. The van der Waals surface area contributed by atoms with Crippen LogP contribution in [0.25, 0.3) is 21.8 Å². The Morgan fingerprint density at radius 3 is 2.67 bits per heavy atom. The molecule has 0 saturated carbocycles. The summed E-state index contributed by atoms with van der Waals surface area (Å²) in [5, 5.41) is 1.96. The summed E-state index contributed by atoms with van der Waals surface area (Å²) >= 11 is 0. The van der Waals surface area contributed by atoms with Gasteiger partial charge in [0.05, 0.1) is 6.61 Å². The third-order valence-electron chi connectivity index (χ3n) is 3.95. The number of aldehydes is 1. The molecule has 0 spiro atoms. The summed E-state index contributed by atoms with van der Waals surface area (Å²) in [6, 6.07) is 13.3. The Bertz CT molecular complexity index is 897. The van der Waals surface area contributed by atoms with Gasteiger partial charge in [0.2, 0.25) is 0 Å². The van der Waals surface area contributed by atoms with Gasteiger partial charge in [-0.25, -0.2) is 0 Å². The van der Waals surface area contributed by atoms with E-state index in [1.807, 2.05) is 41.0 Å². The zero-order valence-corrected chi connectivity index (χ0v) is 13.7. The van der Waals surface area contributed by atoms with E-state index in [0.717, 1.165) is 28.1 Å². The minimum Gasteiger partial charge on any atom is -0.459 e. The first-order valence-electron chi connectivity index (χ1n) is 7.78. The van der Waals surface area contributed by atoms with Gasteiger partial charge in [0, 0.05) is 34.5 Å². The molecule has 3 rings (SSSR count). The van der Waals surface area contributed by atoms with Crippen LogP contribution in [0.4, 0.5) is 0 Å². The van der Waals surface area contributed by atoms with Crippen LogP contribution in [0.1, 0.15) is 17.3 Å². The SMILES string of the molecule is COC[C@H](C)OC(=O)Cn1c2ccccc2c2cc(C=O)ccc21. The Kier molecular flexibility index (Phi) is 4.62. The molecule has 1 aromatic heterocycles. The summed E-state index contributed by atoms with van der Waals surface area (Å²) in [6.07, 6.45) is 0.531. The molecule has 0 aliphatic rings. The Labute approximate surface area is 139 Å². The lowest BCUT2D eigenvalue weighted by Gasteiger charge is -2.13. The smallest absolute Gasteiger partial charge is 0.326 e. The highest BCUT2D eigenvalue weighted by molar-refractivity contribution is 6.09. The molecule has 3 aromatic rings. The zero-order chi connectivity index (χ0) is 17.1. The maximum atomic E-state index is 12.3. The van der Waals surface area contributed by atoms with E-state index in [1.165, 1.54) is 0 Å². The van der Waals surface area contributed by atoms with Gasteiger partial charge in [0.15, 0.2) is 0 Å². The number of carbonyl (C=O) groups excluding carboxylic acids is 2. The molecular formula is C19H19NO4. The van der Waals surface area contributed by atoms with Gasteiger partial charge in [-0.15, -0.1) is 0 Å². The van der Waals surface area contributed by atoms with Crippen molar-refractivity contribution in [3.63, 3.8) is 0 Å². The number of benzene rings is 2. The van der Waals surface area contributed by atoms with Gasteiger partial charge < -0.3 is 14.0 Å². The summed E-state index contributed by atoms with van der Waals surface area (Å²) in [5.41, 5.74) is 2.45. The second-order valence-corrected chi connectivity index (χ2v) is 5.75. The maximum Gasteiger partial charge on any atom is 0.326 e. The lowest BCUT2D eigenvalue weighted by Crippen LogP contribution is -2.22. The van der Waals surface area contributed by atoms with Gasteiger partial charge in [-0.1, -0.05) is 18.2 Å². The molecule has 0 radical (unpaired) electrons. The highest BCUT2D eigenvalue weighted by Crippen LogP contribution is 2.29. The van der Waals surface area contributed by atoms with Crippen molar-refractivity contribution in [1.82, 2.24) is 4.57 Å². The topological polar surface area (TPSA) is 57.5 Å². The molecule has 2 aromatic carbocycles. The van der Waals surface area contributed by atoms with E-state index in [9.17, 15) is 9.59 Å². The van der Waals surface area contributed by atoms with E-state index in [2.05, 4.69) is 0 Å². The Morgan fingerprint density at radius 2 is 1.92 bits per heavy atom. The number of nitrogens with zero attached hydrogens (tertiary/aromatic N) is 1. The van der Waals surface area contributed by atoms with Crippen LogP contribution in [-0.2, 0) is 20.8 Å². The van der Waals surface area contributed by atoms with Crippen LogP contribution in [0.3, 0.4) is 0 Å². The van der Waals surface area contributed by atoms with Crippen molar-refractivity contribution in [3.05, 3.63) is 48.0 Å². The maximum absolute atomic E-state index is 12.3. The van der Waals surface area contributed by atoms with Gasteiger partial charge >= 0.3 is 5.97 Å². The number of esters is 1. The third-order valence-corrected chi connectivity index (χ3v) is 3.95. The lowest BCUT2D eigenvalue weighted by molar-refractivity contribution is -0.151. The van der Waals surface area contributed by atoms with Crippen LogP contribution < -0.4 is 0 Å². The van der Waals surface area contributed by atoms with Crippen molar-refractivity contribution in [2.45, 2.75) is 19.6 Å². The summed E-state index contributed by atoms with van der Waals surface area (Å²) in [7, 11) is 1.57. The van der Waals surface area contributed by atoms with Crippen LogP contribution in [0.5, 0.6) is 0 Å². The van der Waals surface area contributed by atoms with Gasteiger partial charge in [-0.3, -0.25) is 9.59 Å². The molecule has 24 heavy (non-hydrogen) atoms. The van der Waals surface area contributed by atoms with Gasteiger partial charge in [0.25, 0.3) is 0 Å². The molecule has 0 fully saturated rings. The number of methoxy groups -OCH3 is 1. The van der Waals surface area contributed by atoms with E-state index in [0.29, 0.717) is 12.2 Å². The van der Waals surface area contributed by atoms with Crippen molar-refractivity contribution < 1.29 is 19.1 Å². The fourth-order valence-electron chi connectivity index (χ4n) is 2.97. The second-order valence-electron chi connectivity index (χ2n) is 5.75. The number of carbonyl (C=O) groups is 2. The van der Waals surface area contributed by atoms with Crippen LogP contribution in [0.2, 0.25) is 0 Å². The zero-order valence-electron chi connectivity index (χ0n) is 13.7. The molecule has 124 valence electrons. The van der Waals surface area contributed by atoms with E-state index in [1.54, 1.807) is 20.1 Å². The number of para-hydroxylation sites is 1. The number of aromatic nitrogens is 1. The van der Waals surface area contributed by atoms with Crippen LogP contribution >= 0.6 is 0 Å². The molecular weight excluding hydrogens is 306 g/mol. The quantitative estimate of drug-likeness (QED) is 0.516. The van der Waals surface area contributed by atoms with E-state index < -0.39 is 0 Å². The van der Waals surface area contributed by atoms with E-state index in [-0.39, 0.29) is 18.6 Å². The van der Waals surface area contributed by atoms with Crippen LogP contribution in [0.15, 0.2) is 42.5 Å². The Morgan fingerprint density at radius 1 is 1.17 bits per heavy atom. The fourth-order valence-corrected chi connectivity index (χ4v) is 2.97. The highest BCUT2D eigenvalue weighted by Gasteiger charge is 2.15. The first-order valence-corrected chi connectivity index (χ1v) is 7.78. The number of ether oxygens (including phenoxy) is 2. The molecule has 0 aliphatic heterocycles. The largest absolute Gasteiger partial charge is 0.459 e. The fraction of sp³-hybridized carbons (Fsp3) is 0.263. The molecule has 0 unspecified atom stereocenters. The molecule has 5 heteroatoms. The number of hydrogen-bond acceptors (Lipinski definition) is 4. The van der Waals surface area contributed by atoms with Crippen LogP contribution in [0, 0.1) is 0 Å². The average molecular weight is 325 g/mol. The van der Waals surface area contributed by atoms with Gasteiger partial charge in [-0.2, -0.15) is 0 Å². The van der Waals surface area contributed by atoms with Crippen molar-refractivity contribution in [2.75, 3.05) is 13.7 Å². The number of fused-ring (bicyclic) bond motifs is 3. The predicted molar refractivity (Wildman–Crippen MR) is 92.3 cm³/mol. The first kappa shape index (κ1) is 16.2. The molecule has 5 nitrogen and oxygen atoms in total. The standard InChI is InChI=1S/C19H19NO4/c1-13(12-23-2)24-19(22)10-20-17-6-4-3-5-15(17)16-9-14(11-21)7-8-18(16)20/h3-9,11,13H,10,12H2,1-2H3/t13-/m0/s1. The van der Waals surface area contributed by atoms with Crippen molar-refractivity contribution in [3.8, 4) is 0 Å². The Hall–Kier alpha value is -2.66. The highest BCUT2D eigenvalue weighted by atomic mass is 16.6. The molecule has 1 heterocycles. The van der Waals surface area contributed by atoms with E-state index >= 15 is 0 Å². The monoisotopic (exact) mass is 325 g/mol. The number of rotatable bonds is 6. The normalized spacial score (nSPS) is 12.4. The number of hydrogen-bond donors (Lipinski definition) is 0. The summed E-state index contributed by atoms with van der Waals surface area (Å²) < 4.78 is 12.3. The minimum absolute atomic E-state index is 0.110. The minimum atomic E-state index is -0.318. The summed E-state index contributed by atoms with van der Waals surface area (Å²) in [5.74, 6) is -0.318. The van der Waals surface area contributed by atoms with Crippen molar-refractivity contribution in [1.29, 1.82) is 0 Å². The van der Waals surface area contributed by atoms with Gasteiger partial charge in [0.1, 0.15) is 18.9 Å².